The van der Waals surface area contributed by atoms with Crippen molar-refractivity contribution in [2.45, 2.75) is 0 Å². The Balaban J connectivity index is -0.0000000267. The van der Waals surface area contributed by atoms with E-state index in [2.05, 4.69) is 0 Å². The molecule has 0 saturated carbocycles. The quantitative estimate of drug-likeness (QED) is 0.412. The van der Waals surface area contributed by atoms with Gasteiger partial charge in [-0.1, -0.05) is 0 Å². The van der Waals surface area contributed by atoms with Gasteiger partial charge in [0, 0.05) is 0 Å². The van der Waals surface area contributed by atoms with E-state index in [1.165, 1.54) is 0 Å². The van der Waals surface area contributed by atoms with E-state index in [0.717, 1.165) is 0 Å². The van der Waals surface area contributed by atoms with Gasteiger partial charge in [-0.05, 0) is 0 Å². The Hall–Kier alpha value is 0.712. The van der Waals surface area contributed by atoms with Crippen LogP contribution in [0.15, 0.2) is 0 Å². The molecule has 13 heteroatoms. The van der Waals surface area contributed by atoms with Crippen LogP contribution >= 0.6 is 0 Å². The monoisotopic (exact) mass is 286 g/mol. The van der Waals surface area contributed by atoms with Crippen molar-refractivity contribution < 1.29 is 86.1 Å². The van der Waals surface area contributed by atoms with Crippen LogP contribution in [0.3, 0.4) is 0 Å². The fraction of sp³-hybridized carbons (Fsp3) is 0. The van der Waals surface area contributed by atoms with Crippen LogP contribution in [-0.4, -0.2) is 11.0 Å². The minimum Gasteiger partial charge on any atom is -0.412 e. The van der Waals surface area contributed by atoms with E-state index in [9.17, 15) is 0 Å². The Labute approximate surface area is 86.5 Å². The fourth-order valence-electron chi connectivity index (χ4n) is 0. The van der Waals surface area contributed by atoms with Crippen LogP contribution < -0.4 is 37.3 Å². The van der Waals surface area contributed by atoms with E-state index in [4.69, 9.17) is 37.3 Å². The first-order chi connectivity index (χ1) is 4.00. The average molecular weight is 287 g/mol. The molecule has 4 N–H and O–H groups in total. The van der Waals surface area contributed by atoms with Crippen molar-refractivity contribution in [1.29, 1.82) is 0 Å². The maximum absolute atomic E-state index is 8.49. The van der Waals surface area contributed by atoms with Crippen molar-refractivity contribution in [3.63, 3.8) is 0 Å². The van der Waals surface area contributed by atoms with Crippen LogP contribution in [0.5, 0.6) is 0 Å². The van der Waals surface area contributed by atoms with E-state index >= 15 is 0 Å². The third-order valence-electron chi connectivity index (χ3n) is 0. The molecule has 0 heterocycles. The van der Waals surface area contributed by atoms with Gasteiger partial charge in [-0.15, -0.1) is 20.5 Å². The number of hydrogen-bond donors (Lipinski definition) is 0. The predicted octanol–water partition coefficient (Wildman–Crippen LogP) is -11.2. The summed E-state index contributed by atoms with van der Waals surface area (Å²) in [5, 5.41) is 0. The summed E-state index contributed by atoms with van der Waals surface area (Å²) in [5.41, 5.74) is 0. The maximum Gasteiger partial charge on any atom is 2.00 e. The van der Waals surface area contributed by atoms with Gasteiger partial charge in [0.2, 0.25) is 0 Å². The van der Waals surface area contributed by atoms with Crippen LogP contribution in [0.4, 0.5) is 0 Å². The first-order valence-corrected chi connectivity index (χ1v) is 3.70. The van der Waals surface area contributed by atoms with Gasteiger partial charge in [0.1, 0.15) is 0 Å². The third kappa shape index (κ3) is 2870. The molecule has 0 aromatic rings. The first kappa shape index (κ1) is 29.2. The minimum absolute atomic E-state index is 0. The molecule has 0 radical (unpaired) electrons. The summed E-state index contributed by atoms with van der Waals surface area (Å²) in [4.78, 5) is 0. The molecule has 0 aliphatic heterocycles. The molecular weight excluding hydrogens is 283 g/mol. The van der Waals surface area contributed by atoms with Gasteiger partial charge in [-0.3, -0.25) is 0 Å². The summed E-state index contributed by atoms with van der Waals surface area (Å²) in [5.74, 6) is 0. The maximum atomic E-state index is 8.49. The van der Waals surface area contributed by atoms with Gasteiger partial charge in [-0.2, -0.15) is 0 Å². The second kappa shape index (κ2) is 10.8. The van der Waals surface area contributed by atoms with E-state index in [1.54, 1.807) is 0 Å². The Morgan fingerprint density at radius 2 is 0.462 bits per heavy atom. The number of halogens is 2. The molecule has 0 aromatic carbocycles. The molecule has 0 saturated heterocycles. The summed E-state index contributed by atoms with van der Waals surface area (Å²) in [7, 11) is -9.89. The van der Waals surface area contributed by atoms with E-state index < -0.39 is 20.5 Å². The molecule has 13 heavy (non-hydrogen) atoms. The first-order valence-electron chi connectivity index (χ1n) is 1.23. The van der Waals surface area contributed by atoms with Crippen LogP contribution in [0.25, 0.3) is 0 Å². The molecule has 0 rings (SSSR count). The Morgan fingerprint density at radius 3 is 0.462 bits per heavy atom. The molecule has 84 valence electrons. The molecule has 0 fully saturated rings. The van der Waals surface area contributed by atoms with Crippen molar-refractivity contribution in [3.05, 3.63) is 0 Å². The normalized spacial score (nSPS) is 9.23. The van der Waals surface area contributed by atoms with Gasteiger partial charge >= 0.3 is 17.4 Å². The summed E-state index contributed by atoms with van der Waals surface area (Å²) in [6.45, 7) is 0. The zero-order valence-electron chi connectivity index (χ0n) is 5.43. The number of rotatable bonds is 0. The number of hydrogen-bond acceptors (Lipinski definition) is 8. The molecule has 0 aliphatic rings. The minimum atomic E-state index is -4.94. The molecule has 0 aromatic heterocycles. The molecule has 0 bridgehead atoms. The van der Waals surface area contributed by atoms with Gasteiger partial charge in [0.05, 0.1) is 0 Å². The largest absolute Gasteiger partial charge is 2.00 e. The molecule has 0 unspecified atom stereocenters. The van der Waals surface area contributed by atoms with Crippen LogP contribution in [0, 0.1) is 20.5 Å². The van der Waals surface area contributed by atoms with Gasteiger partial charge in [-0.25, -0.2) is 37.3 Å². The second-order valence-corrected chi connectivity index (χ2v) is 2.27. The van der Waals surface area contributed by atoms with Crippen molar-refractivity contribution >= 4 is 0 Å². The molecule has 0 atom stereocenters. The summed E-state index contributed by atoms with van der Waals surface area (Å²) >= 11 is 0. The van der Waals surface area contributed by atoms with Crippen molar-refractivity contribution in [2.24, 2.45) is 0 Å². The smallest absolute Gasteiger partial charge is 0.412 e. The Kier molecular flexibility index (Phi) is 24.2. The summed E-state index contributed by atoms with van der Waals surface area (Å²) in [6.07, 6.45) is 0. The fourth-order valence-corrected chi connectivity index (χ4v) is 0. The Bertz CT molecular complexity index is 55.9. The topological polar surface area (TPSA) is 247 Å². The van der Waals surface area contributed by atoms with Crippen molar-refractivity contribution in [3.8, 4) is 0 Å². The van der Waals surface area contributed by atoms with Gasteiger partial charge in [0.25, 0.3) is 0 Å². The third-order valence-corrected chi connectivity index (χ3v) is 0. The van der Waals surface area contributed by atoms with Gasteiger partial charge < -0.3 is 11.0 Å². The summed E-state index contributed by atoms with van der Waals surface area (Å²) in [6, 6.07) is 0. The van der Waals surface area contributed by atoms with E-state index in [-0.39, 0.29) is 28.3 Å². The molecule has 0 aliphatic carbocycles. The van der Waals surface area contributed by atoms with E-state index in [1.807, 2.05) is 0 Å². The SMILES string of the molecule is O.O.[Cr+2].[O-][Cl+3]([O-])([O-])[O-].[O-][Cl+3]([O-])([O-])[O-]. The zero-order valence-corrected chi connectivity index (χ0v) is 8.22. The van der Waals surface area contributed by atoms with Gasteiger partial charge in [0.15, 0.2) is 0 Å². The second-order valence-electron chi connectivity index (χ2n) is 0.756. The average Bonchev–Trinajstić information content (AvgIpc) is 1.12. The van der Waals surface area contributed by atoms with Crippen LogP contribution in [0.2, 0.25) is 0 Å². The van der Waals surface area contributed by atoms with Crippen molar-refractivity contribution in [2.75, 3.05) is 0 Å². The summed E-state index contributed by atoms with van der Waals surface area (Å²) < 4.78 is 67.9. The molecule has 10 nitrogen and oxygen atoms in total. The predicted molar refractivity (Wildman–Crippen MR) is 7.23 cm³/mol. The van der Waals surface area contributed by atoms with Crippen LogP contribution in [0.1, 0.15) is 0 Å². The Morgan fingerprint density at radius 1 is 0.462 bits per heavy atom. The van der Waals surface area contributed by atoms with Crippen molar-refractivity contribution in [1.82, 2.24) is 0 Å². The van der Waals surface area contributed by atoms with E-state index in [0.29, 0.717) is 0 Å². The molecule has 0 amide bonds. The molecule has 0 spiro atoms. The van der Waals surface area contributed by atoms with Crippen LogP contribution in [-0.2, 0) is 17.4 Å². The standard InChI is InChI=1S/2ClHO4.Cr.2H2O/c2*2-1(3,4)5;;;/h2*(H,2,3,4,5);;2*1H2/q;;+2;;/p-2. The molecular formula is H4Cl2CrO10. The zero-order chi connectivity index (χ0) is 9.00.